The number of sulfonamides is 1. The van der Waals surface area contributed by atoms with E-state index in [1.165, 1.54) is 26.3 Å². The van der Waals surface area contributed by atoms with Crippen molar-refractivity contribution >= 4 is 31.6 Å². The number of nitrogens with one attached hydrogen (secondary N) is 1. The maximum atomic E-state index is 13.3. The van der Waals surface area contributed by atoms with Crippen molar-refractivity contribution in [2.75, 3.05) is 11.8 Å². The van der Waals surface area contributed by atoms with Gasteiger partial charge in [0, 0.05) is 13.1 Å². The Labute approximate surface area is 122 Å². The van der Waals surface area contributed by atoms with Crippen LogP contribution in [0.3, 0.4) is 0 Å². The molecule has 0 fully saturated rings. The fourth-order valence-corrected chi connectivity index (χ4v) is 3.68. The van der Waals surface area contributed by atoms with E-state index in [9.17, 15) is 12.8 Å². The van der Waals surface area contributed by atoms with Crippen LogP contribution in [0.5, 0.6) is 5.75 Å². The average Bonchev–Trinajstić information content (AvgIpc) is 2.71. The van der Waals surface area contributed by atoms with Gasteiger partial charge in [0.1, 0.15) is 0 Å². The Morgan fingerprint density at radius 2 is 2.15 bits per heavy atom. The van der Waals surface area contributed by atoms with Gasteiger partial charge in [0.15, 0.2) is 16.2 Å². The number of hydrogen-bond donors (Lipinski definition) is 1. The number of benzene rings is 1. The van der Waals surface area contributed by atoms with Crippen molar-refractivity contribution in [3.63, 3.8) is 0 Å². The molecule has 0 saturated heterocycles. The number of nitrogens with zero attached hydrogens (tertiary/aromatic N) is 3. The molecule has 2 aromatic rings. The standard InChI is InChI=1S/C10H10BrFN4O3S/c1-16-10(9(11)13-15-16)20(17,18)14-6-3-4-7(12)8(5-6)19-2/h3-5,14H,1-2H3. The molecule has 0 unspecified atom stereocenters. The summed E-state index contributed by atoms with van der Waals surface area (Å²) < 4.78 is 46.0. The molecular weight excluding hydrogens is 355 g/mol. The monoisotopic (exact) mass is 364 g/mol. The van der Waals surface area contributed by atoms with Crippen LogP contribution in [0.4, 0.5) is 10.1 Å². The van der Waals surface area contributed by atoms with Gasteiger partial charge in [0.2, 0.25) is 5.03 Å². The SMILES string of the molecule is COc1cc(NS(=O)(=O)c2c(Br)nnn2C)ccc1F. The lowest BCUT2D eigenvalue weighted by molar-refractivity contribution is 0.387. The first-order valence-electron chi connectivity index (χ1n) is 5.26. The van der Waals surface area contributed by atoms with Gasteiger partial charge < -0.3 is 4.74 Å². The molecule has 7 nitrogen and oxygen atoms in total. The quantitative estimate of drug-likeness (QED) is 0.888. The summed E-state index contributed by atoms with van der Waals surface area (Å²) in [4.78, 5) is 0. The van der Waals surface area contributed by atoms with Crippen LogP contribution in [-0.4, -0.2) is 30.5 Å². The fraction of sp³-hybridized carbons (Fsp3) is 0.200. The Bertz CT molecular complexity index is 727. The van der Waals surface area contributed by atoms with Gasteiger partial charge in [-0.25, -0.2) is 9.07 Å². The molecular formula is C10H10BrFN4O3S. The molecule has 0 atom stereocenters. The Morgan fingerprint density at radius 1 is 1.45 bits per heavy atom. The summed E-state index contributed by atoms with van der Waals surface area (Å²) in [6.45, 7) is 0. The topological polar surface area (TPSA) is 86.1 Å². The second-order valence-corrected chi connectivity index (χ2v) is 6.11. The first-order valence-corrected chi connectivity index (χ1v) is 7.54. The van der Waals surface area contributed by atoms with Gasteiger partial charge in [-0.1, -0.05) is 5.21 Å². The van der Waals surface area contributed by atoms with Crippen molar-refractivity contribution < 1.29 is 17.5 Å². The molecule has 20 heavy (non-hydrogen) atoms. The summed E-state index contributed by atoms with van der Waals surface area (Å²) in [6, 6.07) is 3.63. The van der Waals surface area contributed by atoms with Crippen LogP contribution in [0.2, 0.25) is 0 Å². The molecule has 0 spiro atoms. The molecule has 1 heterocycles. The fourth-order valence-electron chi connectivity index (χ4n) is 1.53. The predicted octanol–water partition coefficient (Wildman–Crippen LogP) is 1.53. The van der Waals surface area contributed by atoms with Crippen molar-refractivity contribution in [2.24, 2.45) is 7.05 Å². The number of halogens is 2. The van der Waals surface area contributed by atoms with E-state index in [4.69, 9.17) is 4.74 Å². The molecule has 2 rings (SSSR count). The van der Waals surface area contributed by atoms with E-state index in [-0.39, 0.29) is 21.1 Å². The van der Waals surface area contributed by atoms with Crippen LogP contribution >= 0.6 is 15.9 Å². The molecule has 1 aromatic heterocycles. The van der Waals surface area contributed by atoms with Crippen LogP contribution in [0.25, 0.3) is 0 Å². The Kier molecular flexibility index (Phi) is 3.95. The first-order chi connectivity index (χ1) is 9.35. The number of rotatable bonds is 4. The van der Waals surface area contributed by atoms with Gasteiger partial charge in [-0.2, -0.15) is 8.42 Å². The zero-order valence-electron chi connectivity index (χ0n) is 10.5. The van der Waals surface area contributed by atoms with E-state index in [0.717, 1.165) is 10.7 Å². The molecule has 0 aliphatic heterocycles. The highest BCUT2D eigenvalue weighted by atomic mass is 79.9. The summed E-state index contributed by atoms with van der Waals surface area (Å²) in [6.07, 6.45) is 0. The lowest BCUT2D eigenvalue weighted by atomic mass is 10.3. The number of ether oxygens (including phenoxy) is 1. The lowest BCUT2D eigenvalue weighted by Gasteiger charge is -2.09. The van der Waals surface area contributed by atoms with Crippen LogP contribution in [-0.2, 0) is 17.1 Å². The van der Waals surface area contributed by atoms with Crippen LogP contribution in [0.1, 0.15) is 0 Å². The molecule has 108 valence electrons. The Balaban J connectivity index is 2.39. The van der Waals surface area contributed by atoms with Gasteiger partial charge in [-0.3, -0.25) is 4.72 Å². The number of aryl methyl sites for hydroxylation is 1. The first kappa shape index (κ1) is 14.7. The van der Waals surface area contributed by atoms with Gasteiger partial charge >= 0.3 is 0 Å². The summed E-state index contributed by atoms with van der Waals surface area (Å²) in [7, 11) is -1.17. The average molecular weight is 365 g/mol. The third-order valence-corrected chi connectivity index (χ3v) is 4.66. The van der Waals surface area contributed by atoms with E-state index >= 15 is 0 Å². The summed E-state index contributed by atoms with van der Waals surface area (Å²) in [5.41, 5.74) is 0.163. The van der Waals surface area contributed by atoms with Crippen molar-refractivity contribution in [3.8, 4) is 5.75 Å². The summed E-state index contributed by atoms with van der Waals surface area (Å²) in [5, 5.41) is 7.05. The van der Waals surface area contributed by atoms with Crippen LogP contribution in [0, 0.1) is 5.82 Å². The van der Waals surface area contributed by atoms with Gasteiger partial charge in [-0.05, 0) is 28.1 Å². The Hall–Kier alpha value is -1.68. The van der Waals surface area contributed by atoms with Crippen molar-refractivity contribution in [3.05, 3.63) is 28.6 Å². The molecule has 0 amide bonds. The summed E-state index contributed by atoms with van der Waals surface area (Å²) in [5.74, 6) is -0.647. The third-order valence-electron chi connectivity index (χ3n) is 2.39. The van der Waals surface area contributed by atoms with E-state index in [1.54, 1.807) is 0 Å². The Morgan fingerprint density at radius 3 is 2.70 bits per heavy atom. The van der Waals surface area contributed by atoms with E-state index in [2.05, 4.69) is 31.0 Å². The second kappa shape index (κ2) is 5.37. The highest BCUT2D eigenvalue weighted by Crippen LogP contribution is 2.25. The summed E-state index contributed by atoms with van der Waals surface area (Å²) >= 11 is 3.01. The molecule has 0 aliphatic rings. The minimum atomic E-state index is -3.91. The van der Waals surface area contributed by atoms with Gasteiger partial charge in [0.25, 0.3) is 10.0 Å². The van der Waals surface area contributed by atoms with E-state index in [0.29, 0.717) is 0 Å². The van der Waals surface area contributed by atoms with Crippen LogP contribution < -0.4 is 9.46 Å². The normalized spacial score (nSPS) is 11.4. The van der Waals surface area contributed by atoms with E-state index < -0.39 is 15.8 Å². The highest BCUT2D eigenvalue weighted by molar-refractivity contribution is 9.10. The number of methoxy groups -OCH3 is 1. The molecule has 0 saturated carbocycles. The van der Waals surface area contributed by atoms with Crippen molar-refractivity contribution in [2.45, 2.75) is 5.03 Å². The molecule has 0 radical (unpaired) electrons. The maximum absolute atomic E-state index is 13.3. The minimum absolute atomic E-state index is 0.0626. The minimum Gasteiger partial charge on any atom is -0.494 e. The van der Waals surface area contributed by atoms with Crippen molar-refractivity contribution in [1.82, 2.24) is 15.0 Å². The van der Waals surface area contributed by atoms with Crippen LogP contribution in [0.15, 0.2) is 27.8 Å². The highest BCUT2D eigenvalue weighted by Gasteiger charge is 2.24. The van der Waals surface area contributed by atoms with E-state index in [1.807, 2.05) is 0 Å². The number of anilines is 1. The largest absolute Gasteiger partial charge is 0.494 e. The number of aromatic nitrogens is 3. The van der Waals surface area contributed by atoms with Crippen molar-refractivity contribution in [1.29, 1.82) is 0 Å². The molecule has 0 aliphatic carbocycles. The van der Waals surface area contributed by atoms with Gasteiger partial charge in [-0.15, -0.1) is 5.10 Å². The van der Waals surface area contributed by atoms with Gasteiger partial charge in [0.05, 0.1) is 12.8 Å². The maximum Gasteiger partial charge on any atom is 0.281 e. The third kappa shape index (κ3) is 2.75. The molecule has 10 heteroatoms. The smallest absolute Gasteiger partial charge is 0.281 e. The predicted molar refractivity (Wildman–Crippen MR) is 72.5 cm³/mol. The zero-order chi connectivity index (χ0) is 14.9. The molecule has 0 bridgehead atoms. The second-order valence-electron chi connectivity index (χ2n) is 3.76. The molecule has 1 aromatic carbocycles. The number of hydrogen-bond acceptors (Lipinski definition) is 5. The molecule has 1 N–H and O–H groups in total. The zero-order valence-corrected chi connectivity index (χ0v) is 12.9. The lowest BCUT2D eigenvalue weighted by Crippen LogP contribution is -2.17.